The lowest BCUT2D eigenvalue weighted by Gasteiger charge is -2.26. The summed E-state index contributed by atoms with van der Waals surface area (Å²) in [5.41, 5.74) is 5.79. The first-order valence-electron chi connectivity index (χ1n) is 5.16. The van der Waals surface area contributed by atoms with E-state index in [2.05, 4.69) is 10.2 Å². The van der Waals surface area contributed by atoms with E-state index in [4.69, 9.17) is 5.73 Å². The molecule has 5 heteroatoms. The molecule has 0 bridgehead atoms. The van der Waals surface area contributed by atoms with Crippen LogP contribution in [0.25, 0.3) is 0 Å². The molecule has 0 unspecified atom stereocenters. The Morgan fingerprint density at radius 1 is 1.20 bits per heavy atom. The van der Waals surface area contributed by atoms with Crippen LogP contribution in [0.5, 0.6) is 0 Å². The molecule has 1 fully saturated rings. The predicted octanol–water partition coefficient (Wildman–Crippen LogP) is 0.685. The van der Waals surface area contributed by atoms with E-state index in [-0.39, 0.29) is 5.91 Å². The number of piperidine rings is 1. The highest BCUT2D eigenvalue weighted by atomic mass is 16.2. The summed E-state index contributed by atoms with van der Waals surface area (Å²) in [7, 11) is 0. The maximum atomic E-state index is 11.9. The van der Waals surface area contributed by atoms with E-state index in [1.54, 1.807) is 12.1 Å². The van der Waals surface area contributed by atoms with Crippen molar-refractivity contribution in [2.75, 3.05) is 18.8 Å². The van der Waals surface area contributed by atoms with Crippen LogP contribution in [0.1, 0.15) is 29.8 Å². The van der Waals surface area contributed by atoms with Crippen LogP contribution in [0.15, 0.2) is 12.1 Å². The Morgan fingerprint density at radius 2 is 1.93 bits per heavy atom. The van der Waals surface area contributed by atoms with Crippen LogP contribution < -0.4 is 5.73 Å². The van der Waals surface area contributed by atoms with Crippen molar-refractivity contribution in [2.24, 2.45) is 0 Å². The number of nitrogens with two attached hydrogens (primary N) is 1. The molecule has 1 amide bonds. The van der Waals surface area contributed by atoms with Gasteiger partial charge in [-0.15, -0.1) is 10.2 Å². The topological polar surface area (TPSA) is 72.1 Å². The number of carbonyl (C=O) groups excluding carboxylic acids is 1. The third-order valence-electron chi connectivity index (χ3n) is 2.55. The van der Waals surface area contributed by atoms with Gasteiger partial charge in [-0.05, 0) is 31.4 Å². The van der Waals surface area contributed by atoms with E-state index in [1.165, 1.54) is 6.42 Å². The molecule has 1 aliphatic rings. The molecule has 2 heterocycles. The normalized spacial score (nSPS) is 16.4. The summed E-state index contributed by atoms with van der Waals surface area (Å²) in [4.78, 5) is 13.7. The van der Waals surface area contributed by atoms with E-state index in [0.29, 0.717) is 11.5 Å². The first-order valence-corrected chi connectivity index (χ1v) is 5.16. The van der Waals surface area contributed by atoms with Crippen LogP contribution in [-0.2, 0) is 0 Å². The predicted molar refractivity (Wildman–Crippen MR) is 56.2 cm³/mol. The summed E-state index contributed by atoms with van der Waals surface area (Å²) in [6.45, 7) is 1.65. The van der Waals surface area contributed by atoms with Gasteiger partial charge >= 0.3 is 0 Å². The van der Waals surface area contributed by atoms with Crippen LogP contribution in [0, 0.1) is 0 Å². The average molecular weight is 206 g/mol. The molecule has 0 atom stereocenters. The van der Waals surface area contributed by atoms with Crippen molar-refractivity contribution >= 4 is 11.7 Å². The minimum Gasteiger partial charge on any atom is -0.382 e. The molecule has 0 aliphatic carbocycles. The fourth-order valence-electron chi connectivity index (χ4n) is 1.72. The summed E-state index contributed by atoms with van der Waals surface area (Å²) in [6, 6.07) is 3.23. The fourth-order valence-corrected chi connectivity index (χ4v) is 1.72. The van der Waals surface area contributed by atoms with Crippen molar-refractivity contribution < 1.29 is 4.79 Å². The Hall–Kier alpha value is -1.65. The molecule has 0 spiro atoms. The van der Waals surface area contributed by atoms with Gasteiger partial charge in [0.05, 0.1) is 0 Å². The highest BCUT2D eigenvalue weighted by Gasteiger charge is 2.19. The van der Waals surface area contributed by atoms with Gasteiger partial charge in [-0.1, -0.05) is 0 Å². The number of likely N-dealkylation sites (tertiary alicyclic amines) is 1. The summed E-state index contributed by atoms with van der Waals surface area (Å²) in [6.07, 6.45) is 3.36. The molecule has 80 valence electrons. The van der Waals surface area contributed by atoms with Gasteiger partial charge < -0.3 is 10.6 Å². The fraction of sp³-hybridized carbons (Fsp3) is 0.500. The van der Waals surface area contributed by atoms with Crippen LogP contribution >= 0.6 is 0 Å². The van der Waals surface area contributed by atoms with Gasteiger partial charge in [0.25, 0.3) is 5.91 Å². The van der Waals surface area contributed by atoms with Gasteiger partial charge in [0, 0.05) is 13.1 Å². The van der Waals surface area contributed by atoms with E-state index in [9.17, 15) is 4.79 Å². The summed E-state index contributed by atoms with van der Waals surface area (Å²) < 4.78 is 0. The second-order valence-electron chi connectivity index (χ2n) is 3.70. The number of nitrogen functional groups attached to an aromatic ring is 1. The quantitative estimate of drug-likeness (QED) is 0.733. The zero-order chi connectivity index (χ0) is 10.7. The van der Waals surface area contributed by atoms with E-state index >= 15 is 0 Å². The van der Waals surface area contributed by atoms with Gasteiger partial charge in [0.2, 0.25) is 0 Å². The van der Waals surface area contributed by atoms with E-state index < -0.39 is 0 Å². The molecule has 0 radical (unpaired) electrons. The molecule has 5 nitrogen and oxygen atoms in total. The summed E-state index contributed by atoms with van der Waals surface area (Å²) in [5.74, 6) is 0.299. The lowest BCUT2D eigenvalue weighted by molar-refractivity contribution is 0.0717. The molecular formula is C10H14N4O. The maximum Gasteiger partial charge on any atom is 0.274 e. The number of anilines is 1. The Bertz CT molecular complexity index is 343. The molecule has 2 rings (SSSR count). The zero-order valence-corrected chi connectivity index (χ0v) is 8.52. The molecule has 1 aliphatic heterocycles. The third-order valence-corrected chi connectivity index (χ3v) is 2.55. The Morgan fingerprint density at radius 3 is 2.53 bits per heavy atom. The Labute approximate surface area is 88.3 Å². The van der Waals surface area contributed by atoms with Crippen molar-refractivity contribution in [2.45, 2.75) is 19.3 Å². The highest BCUT2D eigenvalue weighted by Crippen LogP contribution is 2.11. The molecule has 1 aromatic heterocycles. The van der Waals surface area contributed by atoms with Crippen molar-refractivity contribution in [1.29, 1.82) is 0 Å². The molecule has 1 aromatic rings. The van der Waals surface area contributed by atoms with E-state index in [1.807, 2.05) is 4.90 Å². The van der Waals surface area contributed by atoms with Crippen molar-refractivity contribution in [1.82, 2.24) is 15.1 Å². The Balaban J connectivity index is 2.09. The minimum absolute atomic E-state index is 0.0396. The highest BCUT2D eigenvalue weighted by molar-refractivity contribution is 5.92. The number of nitrogens with zero attached hydrogens (tertiary/aromatic N) is 3. The standard InChI is InChI=1S/C10H14N4O/c11-9-5-4-8(12-13-9)10(15)14-6-2-1-3-7-14/h4-5H,1-3,6-7H2,(H2,11,13). The molecule has 0 saturated carbocycles. The molecule has 2 N–H and O–H groups in total. The van der Waals surface area contributed by atoms with Crippen LogP contribution in [0.3, 0.4) is 0 Å². The third kappa shape index (κ3) is 2.23. The van der Waals surface area contributed by atoms with Crippen molar-refractivity contribution in [3.63, 3.8) is 0 Å². The first-order chi connectivity index (χ1) is 7.27. The number of hydrogen-bond donors (Lipinski definition) is 1. The SMILES string of the molecule is Nc1ccc(C(=O)N2CCCCC2)nn1. The van der Waals surface area contributed by atoms with Crippen molar-refractivity contribution in [3.05, 3.63) is 17.8 Å². The number of rotatable bonds is 1. The summed E-state index contributed by atoms with van der Waals surface area (Å²) >= 11 is 0. The smallest absolute Gasteiger partial charge is 0.274 e. The van der Waals surface area contributed by atoms with Crippen molar-refractivity contribution in [3.8, 4) is 0 Å². The van der Waals surface area contributed by atoms with Gasteiger partial charge in [0.15, 0.2) is 5.69 Å². The number of aromatic nitrogens is 2. The zero-order valence-electron chi connectivity index (χ0n) is 8.52. The number of carbonyl (C=O) groups is 1. The van der Waals surface area contributed by atoms with Gasteiger partial charge in [0.1, 0.15) is 5.82 Å². The van der Waals surface area contributed by atoms with Gasteiger partial charge in [-0.25, -0.2) is 0 Å². The van der Waals surface area contributed by atoms with Gasteiger partial charge in [-0.3, -0.25) is 4.79 Å². The lowest BCUT2D eigenvalue weighted by atomic mass is 10.1. The van der Waals surface area contributed by atoms with Gasteiger partial charge in [-0.2, -0.15) is 0 Å². The maximum absolute atomic E-state index is 11.9. The largest absolute Gasteiger partial charge is 0.382 e. The molecule has 1 saturated heterocycles. The lowest BCUT2D eigenvalue weighted by Crippen LogP contribution is -2.36. The van der Waals surface area contributed by atoms with Crippen LogP contribution in [0.4, 0.5) is 5.82 Å². The number of amides is 1. The Kier molecular flexibility index (Phi) is 2.80. The molecular weight excluding hydrogens is 192 g/mol. The number of hydrogen-bond acceptors (Lipinski definition) is 4. The van der Waals surface area contributed by atoms with E-state index in [0.717, 1.165) is 25.9 Å². The molecule has 0 aromatic carbocycles. The van der Waals surface area contributed by atoms with Crippen LogP contribution in [-0.4, -0.2) is 34.1 Å². The second kappa shape index (κ2) is 4.25. The average Bonchev–Trinajstić information content (AvgIpc) is 2.30. The monoisotopic (exact) mass is 206 g/mol. The molecule has 15 heavy (non-hydrogen) atoms. The van der Waals surface area contributed by atoms with Crippen LogP contribution in [0.2, 0.25) is 0 Å². The second-order valence-corrected chi connectivity index (χ2v) is 3.70. The summed E-state index contributed by atoms with van der Waals surface area (Å²) in [5, 5.41) is 7.46. The first kappa shape index (κ1) is 9.89. The minimum atomic E-state index is -0.0396.